The molecule has 0 aromatic heterocycles. The normalized spacial score (nSPS) is 10.9. The van der Waals surface area contributed by atoms with Crippen molar-refractivity contribution in [3.05, 3.63) is 53.6 Å². The van der Waals surface area contributed by atoms with E-state index in [0.717, 1.165) is 30.6 Å². The van der Waals surface area contributed by atoms with Crippen LogP contribution in [0, 0.1) is 0 Å². The summed E-state index contributed by atoms with van der Waals surface area (Å²) in [4.78, 5) is 14.9. The van der Waals surface area contributed by atoms with Gasteiger partial charge in [-0.25, -0.2) is 0 Å². The molecule has 0 heterocycles. The maximum absolute atomic E-state index is 13.0. The van der Waals surface area contributed by atoms with Gasteiger partial charge in [0.2, 0.25) is 0 Å². The number of hydrogen-bond donors (Lipinski definition) is 1. The Bertz CT molecular complexity index is 893. The van der Waals surface area contributed by atoms with Gasteiger partial charge in [0.05, 0.1) is 32.1 Å². The number of amides is 1. The van der Waals surface area contributed by atoms with E-state index in [-0.39, 0.29) is 30.4 Å². The first kappa shape index (κ1) is 29.1. The first-order valence-corrected chi connectivity index (χ1v) is 11.5. The molecule has 7 nitrogen and oxygen atoms in total. The van der Waals surface area contributed by atoms with Crippen LogP contribution in [0.2, 0.25) is 0 Å². The smallest absolute Gasteiger partial charge is 0.258 e. The van der Waals surface area contributed by atoms with Crippen LogP contribution in [0.1, 0.15) is 62.9 Å². The average Bonchev–Trinajstić information content (AvgIpc) is 2.79. The second-order valence-corrected chi connectivity index (χ2v) is 8.37. The molecule has 34 heavy (non-hydrogen) atoms. The lowest BCUT2D eigenvalue weighted by Gasteiger charge is -2.31. The standard InChI is InChI=1S/C26H37N3O4.ClH/c1-19(2)29(20(3)4)26(30)24-14-13-23(17-25(24)31-5)33-16-8-6-7-15-32-22-11-9-21(10-12-22)18-28-27;/h9-14,17-20H,6-8,15-16,27H2,1-5H3;1H/b28-18+;. The summed E-state index contributed by atoms with van der Waals surface area (Å²) < 4.78 is 17.1. The number of halogens is 1. The first-order chi connectivity index (χ1) is 15.9. The average molecular weight is 492 g/mol. The van der Waals surface area contributed by atoms with Crippen LogP contribution in [0.25, 0.3) is 0 Å². The monoisotopic (exact) mass is 491 g/mol. The molecule has 0 spiro atoms. The van der Waals surface area contributed by atoms with Crippen LogP contribution in [-0.2, 0) is 0 Å². The zero-order valence-corrected chi connectivity index (χ0v) is 21.6. The quantitative estimate of drug-likeness (QED) is 0.178. The van der Waals surface area contributed by atoms with Gasteiger partial charge < -0.3 is 25.0 Å². The van der Waals surface area contributed by atoms with Crippen LogP contribution in [-0.4, -0.2) is 49.4 Å². The SMILES string of the molecule is COc1cc(OCCCCCOc2ccc(/C=N/N)cc2)ccc1C(=O)N(C(C)C)C(C)C.Cl. The number of methoxy groups -OCH3 is 1. The summed E-state index contributed by atoms with van der Waals surface area (Å²) in [5, 5.41) is 3.50. The molecule has 0 unspecified atom stereocenters. The Labute approximate surface area is 209 Å². The van der Waals surface area contributed by atoms with Crippen molar-refractivity contribution in [2.24, 2.45) is 10.9 Å². The minimum absolute atomic E-state index is 0. The number of hydrogen-bond acceptors (Lipinski definition) is 6. The van der Waals surface area contributed by atoms with Gasteiger partial charge in [0.15, 0.2) is 0 Å². The van der Waals surface area contributed by atoms with Crippen molar-refractivity contribution in [2.75, 3.05) is 20.3 Å². The highest BCUT2D eigenvalue weighted by Gasteiger charge is 2.24. The Balaban J connectivity index is 0.00000578. The topological polar surface area (TPSA) is 86.4 Å². The largest absolute Gasteiger partial charge is 0.496 e. The number of benzene rings is 2. The molecule has 2 rings (SSSR count). The molecule has 0 aliphatic heterocycles. The van der Waals surface area contributed by atoms with Crippen molar-refractivity contribution in [1.29, 1.82) is 0 Å². The van der Waals surface area contributed by atoms with Gasteiger partial charge >= 0.3 is 0 Å². The molecule has 0 aliphatic rings. The summed E-state index contributed by atoms with van der Waals surface area (Å²) in [5.74, 6) is 7.16. The Morgan fingerprint density at radius 1 is 0.941 bits per heavy atom. The summed E-state index contributed by atoms with van der Waals surface area (Å²) >= 11 is 0. The van der Waals surface area contributed by atoms with E-state index >= 15 is 0 Å². The Kier molecular flexibility index (Phi) is 12.9. The molecule has 0 saturated heterocycles. The van der Waals surface area contributed by atoms with Gasteiger partial charge in [-0.1, -0.05) is 0 Å². The fraction of sp³-hybridized carbons (Fsp3) is 0.462. The third-order valence-corrected chi connectivity index (χ3v) is 5.18. The molecule has 0 aliphatic carbocycles. The number of hydrazone groups is 1. The van der Waals surface area contributed by atoms with Crippen LogP contribution in [0.3, 0.4) is 0 Å². The predicted molar refractivity (Wildman–Crippen MR) is 140 cm³/mol. The van der Waals surface area contributed by atoms with Crippen molar-refractivity contribution in [2.45, 2.75) is 59.0 Å². The van der Waals surface area contributed by atoms with E-state index in [9.17, 15) is 4.79 Å². The summed E-state index contributed by atoms with van der Waals surface area (Å²) in [6.45, 7) is 9.30. The van der Waals surface area contributed by atoms with Gasteiger partial charge in [0.1, 0.15) is 17.2 Å². The maximum Gasteiger partial charge on any atom is 0.258 e. The lowest BCUT2D eigenvalue weighted by molar-refractivity contribution is 0.0640. The number of unbranched alkanes of at least 4 members (excludes halogenated alkanes) is 2. The molecule has 8 heteroatoms. The van der Waals surface area contributed by atoms with E-state index in [1.807, 2.05) is 62.9 Å². The fourth-order valence-electron chi connectivity index (χ4n) is 3.64. The molecule has 1 amide bonds. The minimum atomic E-state index is -0.0365. The van der Waals surface area contributed by atoms with E-state index < -0.39 is 0 Å². The second kappa shape index (κ2) is 15.1. The van der Waals surface area contributed by atoms with Gasteiger partial charge in [0, 0.05) is 18.2 Å². The molecule has 188 valence electrons. The Morgan fingerprint density at radius 3 is 2.03 bits per heavy atom. The lowest BCUT2D eigenvalue weighted by atomic mass is 10.1. The van der Waals surface area contributed by atoms with Crippen molar-refractivity contribution in [3.8, 4) is 17.2 Å². The third-order valence-electron chi connectivity index (χ3n) is 5.18. The van der Waals surface area contributed by atoms with Crippen molar-refractivity contribution in [3.63, 3.8) is 0 Å². The number of nitrogens with zero attached hydrogens (tertiary/aromatic N) is 2. The highest BCUT2D eigenvalue weighted by molar-refractivity contribution is 5.97. The van der Waals surface area contributed by atoms with Crippen LogP contribution in [0.4, 0.5) is 0 Å². The van der Waals surface area contributed by atoms with Crippen LogP contribution < -0.4 is 20.1 Å². The van der Waals surface area contributed by atoms with Crippen LogP contribution >= 0.6 is 12.4 Å². The molecule has 0 saturated carbocycles. The maximum atomic E-state index is 13.0. The third kappa shape index (κ3) is 8.78. The zero-order chi connectivity index (χ0) is 24.2. The van der Waals surface area contributed by atoms with Crippen LogP contribution in [0.15, 0.2) is 47.6 Å². The summed E-state index contributed by atoms with van der Waals surface area (Å²) in [7, 11) is 1.57. The lowest BCUT2D eigenvalue weighted by Crippen LogP contribution is -2.42. The number of carbonyl (C=O) groups excluding carboxylic acids is 1. The van der Waals surface area contributed by atoms with E-state index in [2.05, 4.69) is 5.10 Å². The van der Waals surface area contributed by atoms with Crippen molar-refractivity contribution >= 4 is 24.5 Å². The minimum Gasteiger partial charge on any atom is -0.496 e. The molecule has 0 radical (unpaired) electrons. The Hall–Kier alpha value is -2.93. The molecule has 2 aromatic rings. The number of rotatable bonds is 13. The Morgan fingerprint density at radius 2 is 1.50 bits per heavy atom. The number of carbonyl (C=O) groups is 1. The van der Waals surface area contributed by atoms with Gasteiger partial charge in [-0.05, 0) is 88.9 Å². The molecular weight excluding hydrogens is 454 g/mol. The van der Waals surface area contributed by atoms with Crippen LogP contribution in [0.5, 0.6) is 17.2 Å². The summed E-state index contributed by atoms with van der Waals surface area (Å²) in [6.07, 6.45) is 4.43. The number of nitrogens with two attached hydrogens (primary N) is 1. The van der Waals surface area contributed by atoms with E-state index in [1.54, 1.807) is 25.5 Å². The molecule has 0 bridgehead atoms. The van der Waals surface area contributed by atoms with Gasteiger partial charge in [-0.2, -0.15) is 5.10 Å². The first-order valence-electron chi connectivity index (χ1n) is 11.5. The van der Waals surface area contributed by atoms with Gasteiger partial charge in [-0.3, -0.25) is 4.79 Å². The van der Waals surface area contributed by atoms with E-state index in [0.29, 0.717) is 30.3 Å². The highest BCUT2D eigenvalue weighted by atomic mass is 35.5. The van der Waals surface area contributed by atoms with Crippen molar-refractivity contribution < 1.29 is 19.0 Å². The molecule has 0 fully saturated rings. The van der Waals surface area contributed by atoms with E-state index in [1.165, 1.54) is 0 Å². The molecule has 2 N–H and O–H groups in total. The second-order valence-electron chi connectivity index (χ2n) is 8.37. The molecule has 0 atom stereocenters. The highest BCUT2D eigenvalue weighted by Crippen LogP contribution is 2.27. The number of ether oxygens (including phenoxy) is 3. The molecular formula is C26H38ClN3O4. The molecule has 2 aromatic carbocycles. The predicted octanol–water partition coefficient (Wildman–Crippen LogP) is 5.30. The van der Waals surface area contributed by atoms with E-state index in [4.69, 9.17) is 20.1 Å². The fourth-order valence-corrected chi connectivity index (χ4v) is 3.64. The van der Waals surface area contributed by atoms with Crippen molar-refractivity contribution in [1.82, 2.24) is 4.90 Å². The summed E-state index contributed by atoms with van der Waals surface area (Å²) in [6, 6.07) is 13.2. The summed E-state index contributed by atoms with van der Waals surface area (Å²) in [5.41, 5.74) is 1.49. The van der Waals surface area contributed by atoms with Gasteiger partial charge in [-0.15, -0.1) is 12.4 Å². The zero-order valence-electron chi connectivity index (χ0n) is 20.8. The van der Waals surface area contributed by atoms with Gasteiger partial charge in [0.25, 0.3) is 5.91 Å².